The van der Waals surface area contributed by atoms with Gasteiger partial charge >= 0.3 is 0 Å². The Labute approximate surface area is 126 Å². The van der Waals surface area contributed by atoms with Crippen LogP contribution in [0.4, 0.5) is 0 Å². The summed E-state index contributed by atoms with van der Waals surface area (Å²) in [4.78, 5) is 28.4. The molecule has 110 valence electrons. The third-order valence-electron chi connectivity index (χ3n) is 3.01. The molecular formula is C15H13N5O2. The van der Waals surface area contributed by atoms with Crippen LogP contribution in [0.1, 0.15) is 21.9 Å². The minimum atomic E-state index is -0.643. The Morgan fingerprint density at radius 1 is 1.09 bits per heavy atom. The first kappa shape index (κ1) is 13.9. The van der Waals surface area contributed by atoms with Crippen LogP contribution in [0, 0.1) is 13.8 Å². The Kier molecular flexibility index (Phi) is 3.38. The SMILES string of the molecule is Cc1cc(-c2nc(C(N)=O)cnc2-c2ncco2)cc(C)n1. The van der Waals surface area contributed by atoms with E-state index in [1.54, 1.807) is 0 Å². The van der Waals surface area contributed by atoms with E-state index < -0.39 is 5.91 Å². The molecule has 7 heteroatoms. The van der Waals surface area contributed by atoms with Crippen molar-refractivity contribution < 1.29 is 9.21 Å². The van der Waals surface area contributed by atoms with E-state index in [1.807, 2.05) is 26.0 Å². The summed E-state index contributed by atoms with van der Waals surface area (Å²) in [5, 5.41) is 0. The molecule has 0 saturated heterocycles. The second-order valence-corrected chi connectivity index (χ2v) is 4.79. The van der Waals surface area contributed by atoms with E-state index in [0.29, 0.717) is 17.3 Å². The number of aryl methyl sites for hydroxylation is 2. The Hall–Kier alpha value is -3.09. The summed E-state index contributed by atoms with van der Waals surface area (Å²) in [6.45, 7) is 3.76. The lowest BCUT2D eigenvalue weighted by atomic mass is 10.1. The van der Waals surface area contributed by atoms with Crippen LogP contribution in [-0.4, -0.2) is 25.8 Å². The standard InChI is InChI=1S/C15H13N5O2/c1-8-5-10(6-9(2)19-8)12-13(15-17-3-4-22-15)18-7-11(20-12)14(16)21/h3-7H,1-2H3,(H2,16,21). The second kappa shape index (κ2) is 5.36. The van der Waals surface area contributed by atoms with Gasteiger partial charge in [0.25, 0.3) is 5.91 Å². The van der Waals surface area contributed by atoms with Gasteiger partial charge < -0.3 is 10.2 Å². The molecule has 3 rings (SSSR count). The van der Waals surface area contributed by atoms with Crippen molar-refractivity contribution in [1.82, 2.24) is 19.9 Å². The third-order valence-corrected chi connectivity index (χ3v) is 3.01. The van der Waals surface area contributed by atoms with E-state index in [4.69, 9.17) is 10.2 Å². The summed E-state index contributed by atoms with van der Waals surface area (Å²) in [7, 11) is 0. The Morgan fingerprint density at radius 3 is 2.41 bits per heavy atom. The molecule has 1 amide bonds. The first-order chi connectivity index (χ1) is 10.5. The van der Waals surface area contributed by atoms with Crippen molar-refractivity contribution in [2.75, 3.05) is 0 Å². The van der Waals surface area contributed by atoms with Crippen molar-refractivity contribution in [2.24, 2.45) is 5.73 Å². The van der Waals surface area contributed by atoms with Crippen LogP contribution in [0.2, 0.25) is 0 Å². The maximum atomic E-state index is 11.4. The fourth-order valence-electron chi connectivity index (χ4n) is 2.18. The third kappa shape index (κ3) is 2.56. The van der Waals surface area contributed by atoms with E-state index in [1.165, 1.54) is 18.7 Å². The van der Waals surface area contributed by atoms with Gasteiger partial charge in [0.15, 0.2) is 5.69 Å². The van der Waals surface area contributed by atoms with Gasteiger partial charge in [0.1, 0.15) is 17.7 Å². The lowest BCUT2D eigenvalue weighted by Gasteiger charge is -2.08. The molecule has 3 aromatic rings. The van der Waals surface area contributed by atoms with Crippen LogP contribution >= 0.6 is 0 Å². The number of carbonyl (C=O) groups is 1. The number of amides is 1. The molecule has 0 bridgehead atoms. The van der Waals surface area contributed by atoms with Crippen molar-refractivity contribution in [1.29, 1.82) is 0 Å². The molecule has 3 aromatic heterocycles. The number of hydrogen-bond acceptors (Lipinski definition) is 6. The number of aromatic nitrogens is 4. The lowest BCUT2D eigenvalue weighted by Crippen LogP contribution is -2.14. The van der Waals surface area contributed by atoms with Crippen molar-refractivity contribution in [3.8, 4) is 22.8 Å². The molecule has 0 atom stereocenters. The normalized spacial score (nSPS) is 10.6. The molecule has 0 radical (unpaired) electrons. The van der Waals surface area contributed by atoms with Crippen LogP contribution in [0.5, 0.6) is 0 Å². The molecule has 0 spiro atoms. The zero-order valence-corrected chi connectivity index (χ0v) is 12.1. The highest BCUT2D eigenvalue weighted by Gasteiger charge is 2.17. The Morgan fingerprint density at radius 2 is 1.82 bits per heavy atom. The minimum Gasteiger partial charge on any atom is -0.443 e. The number of nitrogens with zero attached hydrogens (tertiary/aromatic N) is 4. The van der Waals surface area contributed by atoms with Gasteiger partial charge in [-0.15, -0.1) is 0 Å². The summed E-state index contributed by atoms with van der Waals surface area (Å²) >= 11 is 0. The van der Waals surface area contributed by atoms with E-state index in [9.17, 15) is 4.79 Å². The van der Waals surface area contributed by atoms with E-state index >= 15 is 0 Å². The van der Waals surface area contributed by atoms with E-state index in [0.717, 1.165) is 17.0 Å². The maximum absolute atomic E-state index is 11.4. The van der Waals surface area contributed by atoms with Crippen LogP contribution in [-0.2, 0) is 0 Å². The molecule has 7 nitrogen and oxygen atoms in total. The molecule has 0 fully saturated rings. The predicted molar refractivity (Wildman–Crippen MR) is 78.8 cm³/mol. The number of pyridine rings is 1. The quantitative estimate of drug-likeness (QED) is 0.790. The summed E-state index contributed by atoms with van der Waals surface area (Å²) in [5.74, 6) is -0.319. The van der Waals surface area contributed by atoms with Gasteiger partial charge in [0.05, 0.1) is 12.4 Å². The van der Waals surface area contributed by atoms with E-state index in [2.05, 4.69) is 19.9 Å². The molecule has 0 aromatic carbocycles. The van der Waals surface area contributed by atoms with Crippen LogP contribution in [0.15, 0.2) is 35.2 Å². The van der Waals surface area contributed by atoms with Crippen LogP contribution in [0.3, 0.4) is 0 Å². The minimum absolute atomic E-state index is 0.0809. The molecule has 0 aliphatic rings. The number of oxazole rings is 1. The monoisotopic (exact) mass is 295 g/mol. The zero-order valence-electron chi connectivity index (χ0n) is 12.1. The van der Waals surface area contributed by atoms with Gasteiger partial charge in [-0.05, 0) is 26.0 Å². The maximum Gasteiger partial charge on any atom is 0.268 e. The number of hydrogen-bond donors (Lipinski definition) is 1. The number of primary amides is 1. The van der Waals surface area contributed by atoms with Gasteiger partial charge in [-0.1, -0.05) is 0 Å². The van der Waals surface area contributed by atoms with Gasteiger partial charge in [0, 0.05) is 17.0 Å². The van der Waals surface area contributed by atoms with Crippen LogP contribution < -0.4 is 5.73 Å². The summed E-state index contributed by atoms with van der Waals surface area (Å²) < 4.78 is 5.30. The molecule has 0 aliphatic heterocycles. The highest BCUT2D eigenvalue weighted by molar-refractivity contribution is 5.91. The highest BCUT2D eigenvalue weighted by atomic mass is 16.3. The summed E-state index contributed by atoms with van der Waals surface area (Å²) in [6.07, 6.45) is 4.28. The van der Waals surface area contributed by atoms with Gasteiger partial charge in [-0.2, -0.15) is 0 Å². The second-order valence-electron chi connectivity index (χ2n) is 4.79. The van der Waals surface area contributed by atoms with Crippen LogP contribution in [0.25, 0.3) is 22.8 Å². The van der Waals surface area contributed by atoms with Crippen molar-refractivity contribution in [3.05, 3.63) is 47.9 Å². The molecule has 0 saturated carbocycles. The van der Waals surface area contributed by atoms with Crippen molar-refractivity contribution in [2.45, 2.75) is 13.8 Å². The first-order valence-electron chi connectivity index (χ1n) is 6.57. The first-order valence-corrected chi connectivity index (χ1v) is 6.57. The van der Waals surface area contributed by atoms with E-state index in [-0.39, 0.29) is 5.69 Å². The molecule has 22 heavy (non-hydrogen) atoms. The fourth-order valence-corrected chi connectivity index (χ4v) is 2.18. The van der Waals surface area contributed by atoms with Gasteiger partial charge in [-0.25, -0.2) is 15.0 Å². The fraction of sp³-hybridized carbons (Fsp3) is 0.133. The predicted octanol–water partition coefficient (Wildman–Crippen LogP) is 1.91. The lowest BCUT2D eigenvalue weighted by molar-refractivity contribution is 0.0995. The Bertz CT molecular complexity index is 823. The molecule has 0 unspecified atom stereocenters. The summed E-state index contributed by atoms with van der Waals surface area (Å²) in [6, 6.07) is 3.71. The number of rotatable bonds is 3. The molecule has 0 aliphatic carbocycles. The van der Waals surface area contributed by atoms with Gasteiger partial charge in [0.2, 0.25) is 5.89 Å². The zero-order chi connectivity index (χ0) is 15.7. The van der Waals surface area contributed by atoms with Crippen molar-refractivity contribution in [3.63, 3.8) is 0 Å². The average molecular weight is 295 g/mol. The van der Waals surface area contributed by atoms with Crippen molar-refractivity contribution >= 4 is 5.91 Å². The topological polar surface area (TPSA) is 108 Å². The molecule has 2 N–H and O–H groups in total. The number of nitrogens with two attached hydrogens (primary N) is 1. The highest BCUT2D eigenvalue weighted by Crippen LogP contribution is 2.28. The largest absolute Gasteiger partial charge is 0.443 e. The Balaban J connectivity index is 2.26. The molecule has 3 heterocycles. The average Bonchev–Trinajstić information content (AvgIpc) is 2.99. The molecular weight excluding hydrogens is 282 g/mol. The smallest absolute Gasteiger partial charge is 0.268 e. The number of carbonyl (C=O) groups excluding carboxylic acids is 1. The van der Waals surface area contributed by atoms with Gasteiger partial charge in [-0.3, -0.25) is 9.78 Å². The summed E-state index contributed by atoms with van der Waals surface area (Å²) in [5.41, 5.74) is 8.74.